The van der Waals surface area contributed by atoms with Crippen molar-refractivity contribution in [1.29, 1.82) is 0 Å². The van der Waals surface area contributed by atoms with Crippen LogP contribution < -0.4 is 0 Å². The molecule has 144 valence electrons. The molecular weight excluding hydrogens is 357 g/mol. The Morgan fingerprint density at radius 1 is 1.38 bits per heavy atom. The monoisotopic (exact) mass is 377 g/mol. The molecule has 0 atom stereocenters. The summed E-state index contributed by atoms with van der Waals surface area (Å²) in [6.45, 7) is 4.50. The van der Waals surface area contributed by atoms with Crippen molar-refractivity contribution in [2.45, 2.75) is 52.6 Å². The van der Waals surface area contributed by atoms with Gasteiger partial charge >= 0.3 is 6.18 Å². The van der Waals surface area contributed by atoms with Crippen LogP contribution in [0.3, 0.4) is 0 Å². The number of ketones is 1. The number of rotatable bonds is 8. The number of halogens is 5. The highest BCUT2D eigenvalue weighted by molar-refractivity contribution is 6.02. The van der Waals surface area contributed by atoms with E-state index in [0.29, 0.717) is 6.42 Å². The van der Waals surface area contributed by atoms with Gasteiger partial charge in [-0.15, -0.1) is 0 Å². The largest absolute Gasteiger partial charge is 0.433 e. The van der Waals surface area contributed by atoms with E-state index in [9.17, 15) is 26.7 Å². The van der Waals surface area contributed by atoms with Crippen molar-refractivity contribution in [3.8, 4) is 0 Å². The second kappa shape index (κ2) is 9.40. The number of carbonyl (C=O) groups is 1. The highest BCUT2D eigenvalue weighted by atomic mass is 19.4. The molecule has 0 radical (unpaired) electrons. The van der Waals surface area contributed by atoms with Crippen LogP contribution in [0.25, 0.3) is 5.70 Å². The highest BCUT2D eigenvalue weighted by Gasteiger charge is 2.33. The van der Waals surface area contributed by atoms with Gasteiger partial charge in [0, 0.05) is 18.2 Å². The molecule has 0 spiro atoms. The molecule has 9 heteroatoms. The van der Waals surface area contributed by atoms with Crippen molar-refractivity contribution in [3.05, 3.63) is 35.3 Å². The lowest BCUT2D eigenvalue weighted by Gasteiger charge is -2.07. The number of Topliss-reactive ketones (excluding diaryl/α,β-unsaturated/α-hetero) is 1. The van der Waals surface area contributed by atoms with Crippen LogP contribution >= 0.6 is 0 Å². The number of allylic oxidation sites excluding steroid dienone is 4. The summed E-state index contributed by atoms with van der Waals surface area (Å²) in [5.41, 5.74) is -1.54. The van der Waals surface area contributed by atoms with Crippen molar-refractivity contribution in [1.82, 2.24) is 9.78 Å². The van der Waals surface area contributed by atoms with Crippen LogP contribution in [-0.2, 0) is 11.2 Å². The Hall–Kier alpha value is -2.32. The fourth-order valence-corrected chi connectivity index (χ4v) is 2.07. The lowest BCUT2D eigenvalue weighted by atomic mass is 10.1. The maximum Gasteiger partial charge on any atom is 0.433 e. The lowest BCUT2D eigenvalue weighted by molar-refractivity contribution is -0.116. The summed E-state index contributed by atoms with van der Waals surface area (Å²) < 4.78 is 66.0. The highest BCUT2D eigenvalue weighted by Crippen LogP contribution is 2.28. The molecule has 0 saturated heterocycles. The van der Waals surface area contributed by atoms with E-state index in [2.05, 4.69) is 10.1 Å². The first kappa shape index (κ1) is 21.7. The van der Waals surface area contributed by atoms with Gasteiger partial charge in [0.05, 0.1) is 11.9 Å². The van der Waals surface area contributed by atoms with Gasteiger partial charge in [-0.25, -0.2) is 18.5 Å². The van der Waals surface area contributed by atoms with Gasteiger partial charge in [0.2, 0.25) is 0 Å². The fraction of sp³-hybridized carbons (Fsp3) is 0.471. The Morgan fingerprint density at radius 3 is 2.50 bits per heavy atom. The Balaban J connectivity index is 3.21. The minimum atomic E-state index is -4.62. The molecule has 26 heavy (non-hydrogen) atoms. The first-order valence-electron chi connectivity index (χ1n) is 7.94. The second-order valence-corrected chi connectivity index (χ2v) is 5.51. The third-order valence-electron chi connectivity index (χ3n) is 3.28. The molecule has 0 saturated carbocycles. The van der Waals surface area contributed by atoms with E-state index in [1.54, 1.807) is 6.92 Å². The summed E-state index contributed by atoms with van der Waals surface area (Å²) in [6, 6.07) is 0. The van der Waals surface area contributed by atoms with Gasteiger partial charge < -0.3 is 0 Å². The SMILES string of the molecule is C\C=C(/C=N/C(=C/CCC)C(F)(F)F)n1cc(CC(C)=O)c(C(F)F)n1. The molecule has 4 nitrogen and oxygen atoms in total. The molecule has 1 aromatic rings. The Labute approximate surface area is 148 Å². The Bertz CT molecular complexity index is 714. The Morgan fingerprint density at radius 2 is 2.04 bits per heavy atom. The normalized spacial score (nSPS) is 13.9. The third kappa shape index (κ3) is 6.20. The zero-order valence-electron chi connectivity index (χ0n) is 14.6. The van der Waals surface area contributed by atoms with E-state index < -0.39 is 24.0 Å². The summed E-state index contributed by atoms with van der Waals surface area (Å²) in [6.07, 6.45) is -2.57. The van der Waals surface area contributed by atoms with Crippen molar-refractivity contribution in [3.63, 3.8) is 0 Å². The number of hydrogen-bond donors (Lipinski definition) is 0. The zero-order chi connectivity index (χ0) is 19.9. The van der Waals surface area contributed by atoms with Crippen LogP contribution in [-0.4, -0.2) is 28.0 Å². The number of carbonyl (C=O) groups excluding carboxylic acids is 1. The topological polar surface area (TPSA) is 47.2 Å². The molecule has 0 N–H and O–H groups in total. The molecule has 0 aliphatic carbocycles. The number of unbranched alkanes of at least 4 members (excludes halogenated alkanes) is 1. The maximum atomic E-state index is 13.1. The summed E-state index contributed by atoms with van der Waals surface area (Å²) in [4.78, 5) is 14.7. The summed E-state index contributed by atoms with van der Waals surface area (Å²) in [5.74, 6) is -0.330. The summed E-state index contributed by atoms with van der Waals surface area (Å²) in [5, 5.41) is 3.69. The van der Waals surface area contributed by atoms with Crippen molar-refractivity contribution < 1.29 is 26.7 Å². The van der Waals surface area contributed by atoms with E-state index in [0.717, 1.165) is 17.0 Å². The average Bonchev–Trinajstić information content (AvgIpc) is 2.92. The molecule has 1 heterocycles. The molecule has 1 aromatic heterocycles. The average molecular weight is 377 g/mol. The maximum absolute atomic E-state index is 13.1. The van der Waals surface area contributed by atoms with Gasteiger partial charge in [-0.2, -0.15) is 18.3 Å². The van der Waals surface area contributed by atoms with E-state index in [4.69, 9.17) is 0 Å². The van der Waals surface area contributed by atoms with Gasteiger partial charge in [0.25, 0.3) is 6.43 Å². The molecule has 0 fully saturated rings. The van der Waals surface area contributed by atoms with Crippen LogP contribution in [0.2, 0.25) is 0 Å². The molecule has 0 bridgehead atoms. The van der Waals surface area contributed by atoms with Crippen LogP contribution in [0.5, 0.6) is 0 Å². The number of aromatic nitrogens is 2. The molecule has 0 aromatic carbocycles. The van der Waals surface area contributed by atoms with Crippen LogP contribution in [0.1, 0.15) is 51.3 Å². The molecule has 1 rings (SSSR count). The molecule has 0 amide bonds. The standard InChI is InChI=1S/C17H20F5N3O/c1-4-6-7-14(17(20,21)22)23-9-13(5-2)25-10-12(8-11(3)26)15(24-25)16(18)19/h5,7,9-10,16H,4,6,8H2,1-3H3/b13-5+,14-7+,23-9+. The third-order valence-corrected chi connectivity index (χ3v) is 3.28. The zero-order valence-corrected chi connectivity index (χ0v) is 14.6. The first-order chi connectivity index (χ1) is 12.1. The summed E-state index contributed by atoms with van der Waals surface area (Å²) >= 11 is 0. The van der Waals surface area contributed by atoms with Gasteiger partial charge in [0.15, 0.2) is 0 Å². The van der Waals surface area contributed by atoms with Gasteiger partial charge in [-0.3, -0.25) is 4.79 Å². The van der Waals surface area contributed by atoms with Crippen molar-refractivity contribution >= 4 is 17.7 Å². The van der Waals surface area contributed by atoms with Crippen LogP contribution in [0, 0.1) is 0 Å². The molecule has 0 aliphatic rings. The Kier molecular flexibility index (Phi) is 7.85. The molecule has 0 aliphatic heterocycles. The molecular formula is C17H20F5N3O. The van der Waals surface area contributed by atoms with Crippen LogP contribution in [0.15, 0.2) is 29.0 Å². The minimum absolute atomic E-state index is 0.0258. The van der Waals surface area contributed by atoms with E-state index in [-0.39, 0.29) is 29.9 Å². The number of hydrogen-bond acceptors (Lipinski definition) is 3. The van der Waals surface area contributed by atoms with Gasteiger partial charge in [-0.1, -0.05) is 25.5 Å². The number of nitrogens with zero attached hydrogens (tertiary/aromatic N) is 3. The van der Waals surface area contributed by atoms with Crippen molar-refractivity contribution in [2.75, 3.05) is 0 Å². The van der Waals surface area contributed by atoms with E-state index in [1.165, 1.54) is 26.1 Å². The number of alkyl halides is 5. The van der Waals surface area contributed by atoms with E-state index >= 15 is 0 Å². The predicted octanol–water partition coefficient (Wildman–Crippen LogP) is 5.13. The smallest absolute Gasteiger partial charge is 0.300 e. The molecule has 0 unspecified atom stereocenters. The lowest BCUT2D eigenvalue weighted by Crippen LogP contribution is -2.11. The van der Waals surface area contributed by atoms with E-state index in [1.807, 2.05) is 0 Å². The first-order valence-corrected chi connectivity index (χ1v) is 7.94. The summed E-state index contributed by atoms with van der Waals surface area (Å²) in [7, 11) is 0. The fourth-order valence-electron chi connectivity index (χ4n) is 2.07. The van der Waals surface area contributed by atoms with Crippen molar-refractivity contribution in [2.24, 2.45) is 4.99 Å². The number of aliphatic imine (C=N–C) groups is 1. The quantitative estimate of drug-likeness (QED) is 0.466. The minimum Gasteiger partial charge on any atom is -0.300 e. The predicted molar refractivity (Wildman–Crippen MR) is 89.1 cm³/mol. The van der Waals surface area contributed by atoms with Crippen LogP contribution in [0.4, 0.5) is 22.0 Å². The van der Waals surface area contributed by atoms with Gasteiger partial charge in [0.1, 0.15) is 17.2 Å². The van der Waals surface area contributed by atoms with Gasteiger partial charge in [-0.05, 0) is 20.3 Å². The second-order valence-electron chi connectivity index (χ2n) is 5.51.